The number of amides is 1. The van der Waals surface area contributed by atoms with Crippen molar-refractivity contribution < 1.29 is 13.2 Å². The molecule has 0 aliphatic carbocycles. The van der Waals surface area contributed by atoms with E-state index in [4.69, 9.17) is 0 Å². The Morgan fingerprint density at radius 1 is 1.03 bits per heavy atom. The number of fused-ring (bicyclic) bond motifs is 1. The van der Waals surface area contributed by atoms with Gasteiger partial charge in [-0.05, 0) is 43.4 Å². The summed E-state index contributed by atoms with van der Waals surface area (Å²) in [6.07, 6.45) is 0.771. The third kappa shape index (κ3) is 5.53. The van der Waals surface area contributed by atoms with E-state index in [2.05, 4.69) is 27.3 Å². The molecule has 1 amide bonds. The smallest absolute Gasteiger partial charge is 0.242 e. The third-order valence-electron chi connectivity index (χ3n) is 5.31. The SMILES string of the molecule is CN(C)Cc1ccc(CNC(=O)CCc2nc3cc(S(=O)(=O)N(C)C)ccc3n2C)cc1. The molecule has 0 fully saturated rings. The molecule has 1 heterocycles. The molecule has 0 aliphatic rings. The zero-order valence-electron chi connectivity index (χ0n) is 19.3. The normalized spacial score (nSPS) is 12.1. The third-order valence-corrected chi connectivity index (χ3v) is 7.12. The molecule has 2 aromatic carbocycles. The van der Waals surface area contributed by atoms with Crippen LogP contribution >= 0.6 is 0 Å². The molecule has 8 nitrogen and oxygen atoms in total. The van der Waals surface area contributed by atoms with E-state index in [1.165, 1.54) is 24.0 Å². The number of hydrogen-bond donors (Lipinski definition) is 1. The Bertz CT molecular complexity index is 1200. The van der Waals surface area contributed by atoms with Crippen LogP contribution in [0.25, 0.3) is 11.0 Å². The highest BCUT2D eigenvalue weighted by atomic mass is 32.2. The zero-order chi connectivity index (χ0) is 23.5. The van der Waals surface area contributed by atoms with Gasteiger partial charge in [0.2, 0.25) is 15.9 Å². The maximum Gasteiger partial charge on any atom is 0.242 e. The Morgan fingerprint density at radius 3 is 2.31 bits per heavy atom. The lowest BCUT2D eigenvalue weighted by atomic mass is 10.1. The van der Waals surface area contributed by atoms with E-state index in [1.807, 2.05) is 37.8 Å². The second-order valence-electron chi connectivity index (χ2n) is 8.36. The van der Waals surface area contributed by atoms with Gasteiger partial charge in [0.15, 0.2) is 0 Å². The van der Waals surface area contributed by atoms with Gasteiger partial charge >= 0.3 is 0 Å². The quantitative estimate of drug-likeness (QED) is 0.532. The lowest BCUT2D eigenvalue weighted by Crippen LogP contribution is -2.23. The van der Waals surface area contributed by atoms with E-state index in [1.54, 1.807) is 18.2 Å². The van der Waals surface area contributed by atoms with Crippen molar-refractivity contribution in [2.75, 3.05) is 28.2 Å². The van der Waals surface area contributed by atoms with E-state index in [0.717, 1.165) is 23.4 Å². The Balaban J connectivity index is 1.60. The number of imidazole rings is 1. The Hall–Kier alpha value is -2.75. The summed E-state index contributed by atoms with van der Waals surface area (Å²) in [4.78, 5) is 19.2. The predicted molar refractivity (Wildman–Crippen MR) is 126 cm³/mol. The van der Waals surface area contributed by atoms with Crippen LogP contribution in [0.15, 0.2) is 47.4 Å². The lowest BCUT2D eigenvalue weighted by molar-refractivity contribution is -0.121. The van der Waals surface area contributed by atoms with Crippen LogP contribution in [0, 0.1) is 0 Å². The number of rotatable bonds is 9. The average molecular weight is 458 g/mol. The molecule has 0 saturated carbocycles. The molecule has 9 heteroatoms. The van der Waals surface area contributed by atoms with Crippen LogP contribution in [-0.4, -0.2) is 61.3 Å². The highest BCUT2D eigenvalue weighted by Gasteiger charge is 2.19. The fraction of sp³-hybridized carbons (Fsp3) is 0.391. The van der Waals surface area contributed by atoms with Gasteiger partial charge in [-0.2, -0.15) is 0 Å². The number of aromatic nitrogens is 2. The van der Waals surface area contributed by atoms with Gasteiger partial charge in [0.25, 0.3) is 0 Å². The van der Waals surface area contributed by atoms with Crippen molar-refractivity contribution in [3.8, 4) is 0 Å². The molecule has 0 spiro atoms. The first kappa shape index (κ1) is 23.9. The van der Waals surface area contributed by atoms with Crippen molar-refractivity contribution in [1.82, 2.24) is 24.1 Å². The fourth-order valence-corrected chi connectivity index (χ4v) is 4.39. The van der Waals surface area contributed by atoms with E-state index in [9.17, 15) is 13.2 Å². The summed E-state index contributed by atoms with van der Waals surface area (Å²) in [7, 11) is 5.41. The van der Waals surface area contributed by atoms with Crippen LogP contribution in [0.5, 0.6) is 0 Å². The molecule has 3 rings (SSSR count). The number of sulfonamides is 1. The number of carbonyl (C=O) groups is 1. The number of aryl methyl sites for hydroxylation is 2. The fourth-order valence-electron chi connectivity index (χ4n) is 3.47. The molecule has 32 heavy (non-hydrogen) atoms. The Labute approximate surface area is 189 Å². The monoisotopic (exact) mass is 457 g/mol. The van der Waals surface area contributed by atoms with Crippen molar-refractivity contribution in [2.24, 2.45) is 7.05 Å². The van der Waals surface area contributed by atoms with Crippen LogP contribution < -0.4 is 5.32 Å². The molecule has 3 aromatic rings. The summed E-state index contributed by atoms with van der Waals surface area (Å²) in [5.74, 6) is 0.688. The maximum atomic E-state index is 12.4. The average Bonchev–Trinajstić information content (AvgIpc) is 3.06. The second-order valence-corrected chi connectivity index (χ2v) is 10.5. The number of carbonyl (C=O) groups excluding carboxylic acids is 1. The van der Waals surface area contributed by atoms with Crippen LogP contribution in [0.4, 0.5) is 0 Å². The van der Waals surface area contributed by atoms with Gasteiger partial charge in [0.05, 0.1) is 15.9 Å². The largest absolute Gasteiger partial charge is 0.352 e. The first-order valence-corrected chi connectivity index (χ1v) is 11.9. The highest BCUT2D eigenvalue weighted by molar-refractivity contribution is 7.89. The molecule has 0 atom stereocenters. The Kier molecular flexibility index (Phi) is 7.33. The minimum atomic E-state index is -3.52. The highest BCUT2D eigenvalue weighted by Crippen LogP contribution is 2.21. The summed E-state index contributed by atoms with van der Waals surface area (Å²) in [5.41, 5.74) is 3.71. The molecule has 0 aliphatic heterocycles. The first-order valence-electron chi connectivity index (χ1n) is 10.4. The minimum absolute atomic E-state index is 0.0506. The van der Waals surface area contributed by atoms with E-state index in [-0.39, 0.29) is 10.8 Å². The van der Waals surface area contributed by atoms with Crippen LogP contribution in [0.2, 0.25) is 0 Å². The number of nitrogens with one attached hydrogen (secondary N) is 1. The molecule has 1 aromatic heterocycles. The lowest BCUT2D eigenvalue weighted by Gasteiger charge is -2.11. The molecule has 1 N–H and O–H groups in total. The minimum Gasteiger partial charge on any atom is -0.352 e. The van der Waals surface area contributed by atoms with E-state index in [0.29, 0.717) is 24.9 Å². The van der Waals surface area contributed by atoms with Crippen molar-refractivity contribution in [1.29, 1.82) is 0 Å². The summed E-state index contributed by atoms with van der Waals surface area (Å²) < 4.78 is 27.8. The number of benzene rings is 2. The van der Waals surface area contributed by atoms with Crippen molar-refractivity contribution in [2.45, 2.75) is 30.8 Å². The molecule has 0 unspecified atom stereocenters. The van der Waals surface area contributed by atoms with Gasteiger partial charge < -0.3 is 14.8 Å². The summed E-state index contributed by atoms with van der Waals surface area (Å²) in [6.45, 7) is 1.36. The summed E-state index contributed by atoms with van der Waals surface area (Å²) >= 11 is 0. The van der Waals surface area contributed by atoms with Gasteiger partial charge in [-0.3, -0.25) is 4.79 Å². The zero-order valence-corrected chi connectivity index (χ0v) is 20.1. The van der Waals surface area contributed by atoms with Crippen LogP contribution in [0.1, 0.15) is 23.4 Å². The number of nitrogens with zero attached hydrogens (tertiary/aromatic N) is 4. The van der Waals surface area contributed by atoms with Gasteiger partial charge in [0.1, 0.15) is 5.82 Å². The molecular weight excluding hydrogens is 426 g/mol. The van der Waals surface area contributed by atoms with Crippen molar-refractivity contribution >= 4 is 27.0 Å². The summed E-state index contributed by atoms with van der Waals surface area (Å²) in [5, 5.41) is 2.95. The predicted octanol–water partition coefficient (Wildman–Crippen LogP) is 2.13. The van der Waals surface area contributed by atoms with Gasteiger partial charge in [-0.1, -0.05) is 24.3 Å². The van der Waals surface area contributed by atoms with E-state index < -0.39 is 10.0 Å². The Morgan fingerprint density at radius 2 is 1.69 bits per heavy atom. The van der Waals surface area contributed by atoms with Gasteiger partial charge in [0, 0.05) is 47.1 Å². The number of hydrogen-bond acceptors (Lipinski definition) is 5. The topological polar surface area (TPSA) is 87.5 Å². The van der Waals surface area contributed by atoms with E-state index >= 15 is 0 Å². The molecule has 0 radical (unpaired) electrons. The first-order chi connectivity index (χ1) is 15.1. The van der Waals surface area contributed by atoms with Crippen molar-refractivity contribution in [3.63, 3.8) is 0 Å². The molecule has 0 saturated heterocycles. The van der Waals surface area contributed by atoms with Gasteiger partial charge in [-0.25, -0.2) is 17.7 Å². The molecular formula is C23H31N5O3S. The molecule has 0 bridgehead atoms. The molecule has 172 valence electrons. The van der Waals surface area contributed by atoms with Crippen LogP contribution in [-0.2, 0) is 41.4 Å². The standard InChI is InChI=1S/C23H31N5O3S/c1-26(2)16-18-8-6-17(7-9-18)15-24-23(29)13-12-22-25-20-14-19(32(30,31)27(3)4)10-11-21(20)28(22)5/h6-11,14H,12-13,15-16H2,1-5H3,(H,24,29). The van der Waals surface area contributed by atoms with Crippen molar-refractivity contribution in [3.05, 3.63) is 59.4 Å². The van der Waals surface area contributed by atoms with Crippen LogP contribution in [0.3, 0.4) is 0 Å². The maximum absolute atomic E-state index is 12.4. The second kappa shape index (κ2) is 9.81. The van der Waals surface area contributed by atoms with Gasteiger partial charge in [-0.15, -0.1) is 0 Å². The summed E-state index contributed by atoms with van der Waals surface area (Å²) in [6, 6.07) is 13.1.